The molecular formula is C14H11ClN4O. The largest absolute Gasteiger partial charge is 0.420 e. The molecule has 2 aromatic rings. The molecule has 0 aliphatic carbocycles. The van der Waals surface area contributed by atoms with Crippen LogP contribution in [-0.4, -0.2) is 10.2 Å². The number of ether oxygens (including phenoxy) is 1. The Labute approximate surface area is 120 Å². The van der Waals surface area contributed by atoms with Crippen LogP contribution in [0.5, 0.6) is 5.88 Å². The quantitative estimate of drug-likeness (QED) is 0.843. The zero-order valence-electron chi connectivity index (χ0n) is 10.6. The molecule has 0 amide bonds. The van der Waals surface area contributed by atoms with Crippen LogP contribution in [0.3, 0.4) is 0 Å². The van der Waals surface area contributed by atoms with E-state index in [-0.39, 0.29) is 11.8 Å². The molecule has 3 rings (SSSR count). The van der Waals surface area contributed by atoms with E-state index in [0.29, 0.717) is 16.5 Å². The molecular weight excluding hydrogens is 276 g/mol. The first-order chi connectivity index (χ1) is 9.61. The number of nitrogens with zero attached hydrogens (tertiary/aromatic N) is 2. The molecule has 0 fully saturated rings. The molecule has 0 bridgehead atoms. The number of aryl methyl sites for hydroxylation is 1. The summed E-state index contributed by atoms with van der Waals surface area (Å²) in [4.78, 5) is 0. The summed E-state index contributed by atoms with van der Waals surface area (Å²) >= 11 is 6.05. The van der Waals surface area contributed by atoms with E-state index < -0.39 is 0 Å². The third-order valence-electron chi connectivity index (χ3n) is 3.31. The molecule has 1 aliphatic rings. The van der Waals surface area contributed by atoms with Gasteiger partial charge >= 0.3 is 0 Å². The number of halogens is 1. The van der Waals surface area contributed by atoms with Gasteiger partial charge in [-0.25, -0.2) is 0 Å². The average Bonchev–Trinajstić information content (AvgIpc) is 2.78. The van der Waals surface area contributed by atoms with E-state index in [2.05, 4.69) is 16.3 Å². The Bertz CT molecular complexity index is 757. The highest BCUT2D eigenvalue weighted by atomic mass is 35.5. The van der Waals surface area contributed by atoms with Gasteiger partial charge in [-0.05, 0) is 24.6 Å². The Kier molecular flexibility index (Phi) is 2.88. The fourth-order valence-electron chi connectivity index (χ4n) is 2.42. The molecule has 0 saturated heterocycles. The van der Waals surface area contributed by atoms with E-state index >= 15 is 0 Å². The van der Waals surface area contributed by atoms with Gasteiger partial charge in [0.15, 0.2) is 0 Å². The van der Waals surface area contributed by atoms with Gasteiger partial charge in [-0.15, -0.1) is 5.10 Å². The van der Waals surface area contributed by atoms with Crippen molar-refractivity contribution >= 4 is 11.6 Å². The number of hydrogen-bond donors (Lipinski definition) is 2. The summed E-state index contributed by atoms with van der Waals surface area (Å²) in [6, 6.07) is 9.47. The highest BCUT2D eigenvalue weighted by Gasteiger charge is 2.34. The summed E-state index contributed by atoms with van der Waals surface area (Å²) in [5.41, 5.74) is 8.73. The van der Waals surface area contributed by atoms with Gasteiger partial charge in [0.1, 0.15) is 11.6 Å². The Balaban J connectivity index is 2.25. The molecule has 0 spiro atoms. The van der Waals surface area contributed by atoms with Crippen LogP contribution >= 0.6 is 11.6 Å². The maximum Gasteiger partial charge on any atom is 0.244 e. The normalized spacial score (nSPS) is 17.4. The Morgan fingerprint density at radius 1 is 1.50 bits per heavy atom. The van der Waals surface area contributed by atoms with Crippen molar-refractivity contribution in [2.24, 2.45) is 5.73 Å². The minimum atomic E-state index is -0.318. The van der Waals surface area contributed by atoms with Crippen LogP contribution in [0.25, 0.3) is 0 Å². The number of rotatable bonds is 1. The summed E-state index contributed by atoms with van der Waals surface area (Å²) in [6.45, 7) is 1.88. The molecule has 0 unspecified atom stereocenters. The smallest absolute Gasteiger partial charge is 0.244 e. The first-order valence-corrected chi connectivity index (χ1v) is 6.37. The Morgan fingerprint density at radius 2 is 2.30 bits per heavy atom. The van der Waals surface area contributed by atoms with Crippen LogP contribution in [0.15, 0.2) is 35.7 Å². The molecule has 1 aromatic heterocycles. The minimum Gasteiger partial charge on any atom is -0.420 e. The lowest BCUT2D eigenvalue weighted by atomic mass is 9.84. The van der Waals surface area contributed by atoms with E-state index in [0.717, 1.165) is 16.8 Å². The lowest BCUT2D eigenvalue weighted by Crippen LogP contribution is -2.21. The number of benzene rings is 1. The van der Waals surface area contributed by atoms with Crippen molar-refractivity contribution in [3.63, 3.8) is 0 Å². The van der Waals surface area contributed by atoms with E-state index in [9.17, 15) is 5.26 Å². The topological polar surface area (TPSA) is 87.7 Å². The van der Waals surface area contributed by atoms with Crippen LogP contribution in [0.1, 0.15) is 22.7 Å². The van der Waals surface area contributed by atoms with Gasteiger partial charge in [-0.2, -0.15) is 5.26 Å². The summed E-state index contributed by atoms with van der Waals surface area (Å²) < 4.78 is 5.40. The highest BCUT2D eigenvalue weighted by molar-refractivity contribution is 6.30. The summed E-state index contributed by atoms with van der Waals surface area (Å²) in [6.07, 6.45) is 0. The zero-order chi connectivity index (χ0) is 14.3. The van der Waals surface area contributed by atoms with Gasteiger partial charge in [0.25, 0.3) is 0 Å². The first-order valence-electron chi connectivity index (χ1n) is 5.99. The standard InChI is InChI=1S/C14H11ClN4O/c1-7-11-12(8-3-2-4-9(15)5-8)10(6-16)13(17)20-14(11)19-18-7/h2-5,12H,17H2,1H3,(H,18,19)/t12-/m1/s1. The summed E-state index contributed by atoms with van der Waals surface area (Å²) in [5.74, 6) is 0.168. The van der Waals surface area contributed by atoms with E-state index in [1.54, 1.807) is 6.07 Å². The minimum absolute atomic E-state index is 0.0801. The molecule has 5 nitrogen and oxygen atoms in total. The molecule has 0 radical (unpaired) electrons. The van der Waals surface area contributed by atoms with E-state index in [1.807, 2.05) is 25.1 Å². The van der Waals surface area contributed by atoms with Crippen LogP contribution in [0, 0.1) is 18.3 Å². The van der Waals surface area contributed by atoms with Gasteiger partial charge in [0, 0.05) is 16.3 Å². The number of fused-ring (bicyclic) bond motifs is 1. The number of aromatic amines is 1. The second-order valence-corrected chi connectivity index (χ2v) is 4.98. The molecule has 20 heavy (non-hydrogen) atoms. The average molecular weight is 287 g/mol. The highest BCUT2D eigenvalue weighted by Crippen LogP contribution is 2.42. The molecule has 1 atom stereocenters. The predicted octanol–water partition coefficient (Wildman–Crippen LogP) is 2.59. The van der Waals surface area contributed by atoms with Crippen LogP contribution in [0.4, 0.5) is 0 Å². The van der Waals surface area contributed by atoms with Crippen molar-refractivity contribution in [2.75, 3.05) is 0 Å². The molecule has 1 aliphatic heterocycles. The van der Waals surface area contributed by atoms with Crippen molar-refractivity contribution < 1.29 is 4.74 Å². The van der Waals surface area contributed by atoms with Crippen molar-refractivity contribution in [3.05, 3.63) is 57.6 Å². The Morgan fingerprint density at radius 3 is 3.00 bits per heavy atom. The van der Waals surface area contributed by atoms with Crippen molar-refractivity contribution in [1.29, 1.82) is 5.26 Å². The second kappa shape index (κ2) is 4.58. The molecule has 6 heteroatoms. The predicted molar refractivity (Wildman–Crippen MR) is 74.1 cm³/mol. The Hall–Kier alpha value is -2.45. The second-order valence-electron chi connectivity index (χ2n) is 4.55. The number of nitrogens with two attached hydrogens (primary N) is 1. The summed E-state index contributed by atoms with van der Waals surface area (Å²) in [5, 5.41) is 16.9. The number of allylic oxidation sites excluding steroid dienone is 1. The van der Waals surface area contributed by atoms with Gasteiger partial charge in [-0.1, -0.05) is 23.7 Å². The monoisotopic (exact) mass is 286 g/mol. The van der Waals surface area contributed by atoms with Crippen LogP contribution < -0.4 is 10.5 Å². The SMILES string of the molecule is Cc1[nH]nc2c1[C@H](c1cccc(Cl)c1)C(C#N)=C(N)O2. The maximum absolute atomic E-state index is 9.38. The lowest BCUT2D eigenvalue weighted by molar-refractivity contribution is 0.379. The van der Waals surface area contributed by atoms with Crippen molar-refractivity contribution in [1.82, 2.24) is 10.2 Å². The number of nitriles is 1. The first kappa shape index (κ1) is 12.6. The van der Waals surface area contributed by atoms with Crippen LogP contribution in [0.2, 0.25) is 5.02 Å². The lowest BCUT2D eigenvalue weighted by Gasteiger charge is -2.23. The fourth-order valence-corrected chi connectivity index (χ4v) is 2.62. The third kappa shape index (κ3) is 1.82. The van der Waals surface area contributed by atoms with Crippen LogP contribution in [-0.2, 0) is 0 Å². The van der Waals surface area contributed by atoms with Gasteiger partial charge in [-0.3, -0.25) is 5.10 Å². The molecule has 1 aromatic carbocycles. The zero-order valence-corrected chi connectivity index (χ0v) is 11.4. The maximum atomic E-state index is 9.38. The molecule has 100 valence electrons. The summed E-state index contributed by atoms with van der Waals surface area (Å²) in [7, 11) is 0. The number of nitrogens with one attached hydrogen (secondary N) is 1. The van der Waals surface area contributed by atoms with E-state index in [1.165, 1.54) is 0 Å². The van der Waals surface area contributed by atoms with Crippen molar-refractivity contribution in [2.45, 2.75) is 12.8 Å². The van der Waals surface area contributed by atoms with Gasteiger partial charge in [0.2, 0.25) is 11.8 Å². The fraction of sp³-hybridized carbons (Fsp3) is 0.143. The molecule has 3 N–H and O–H groups in total. The number of H-pyrrole nitrogens is 1. The van der Waals surface area contributed by atoms with Gasteiger partial charge < -0.3 is 10.5 Å². The van der Waals surface area contributed by atoms with Gasteiger partial charge in [0.05, 0.1) is 5.92 Å². The third-order valence-corrected chi connectivity index (χ3v) is 3.55. The molecule has 2 heterocycles. The molecule has 0 saturated carbocycles. The van der Waals surface area contributed by atoms with Crippen molar-refractivity contribution in [3.8, 4) is 11.9 Å². The number of aromatic nitrogens is 2. The number of hydrogen-bond acceptors (Lipinski definition) is 4. The van der Waals surface area contributed by atoms with E-state index in [4.69, 9.17) is 22.1 Å².